The topological polar surface area (TPSA) is 9.23 Å². The van der Waals surface area contributed by atoms with E-state index in [1.54, 1.807) is 0 Å². The molecule has 0 aromatic rings. The second-order valence-electron chi connectivity index (χ2n) is 4.06. The number of alkyl halides is 1. The van der Waals surface area contributed by atoms with E-state index in [4.69, 9.17) is 16.3 Å². The average Bonchev–Trinajstić information content (AvgIpc) is 2.57. The lowest BCUT2D eigenvalue weighted by atomic mass is 9.95. The fourth-order valence-electron chi connectivity index (χ4n) is 2.03. The van der Waals surface area contributed by atoms with Gasteiger partial charge in [0.25, 0.3) is 0 Å². The first-order valence-corrected chi connectivity index (χ1v) is 5.93. The molecule has 1 aliphatic heterocycles. The second-order valence-corrected chi connectivity index (χ2v) is 4.75. The van der Waals surface area contributed by atoms with Gasteiger partial charge in [0.2, 0.25) is 0 Å². The summed E-state index contributed by atoms with van der Waals surface area (Å²) < 4.78 is 5.58. The van der Waals surface area contributed by atoms with Gasteiger partial charge in [0.1, 0.15) is 0 Å². The number of halogens is 1. The molecule has 1 aliphatic rings. The molecule has 1 fully saturated rings. The fourth-order valence-corrected chi connectivity index (χ4v) is 2.33. The third-order valence-corrected chi connectivity index (χ3v) is 3.41. The Balaban J connectivity index is 2.15. The van der Waals surface area contributed by atoms with Gasteiger partial charge < -0.3 is 4.74 Å². The van der Waals surface area contributed by atoms with Crippen LogP contribution in [0.25, 0.3) is 0 Å². The van der Waals surface area contributed by atoms with Crippen molar-refractivity contribution < 1.29 is 4.74 Å². The van der Waals surface area contributed by atoms with Gasteiger partial charge in [-0.2, -0.15) is 0 Å². The molecule has 0 saturated carbocycles. The Hall–Kier alpha value is 0.250. The maximum atomic E-state index is 6.09. The van der Waals surface area contributed by atoms with Crippen molar-refractivity contribution in [2.45, 2.75) is 57.4 Å². The molecule has 0 aromatic heterocycles. The highest BCUT2D eigenvalue weighted by atomic mass is 35.5. The van der Waals surface area contributed by atoms with Crippen molar-refractivity contribution >= 4 is 11.6 Å². The normalized spacial score (nSPS) is 27.5. The van der Waals surface area contributed by atoms with Crippen LogP contribution in [0.5, 0.6) is 0 Å². The quantitative estimate of drug-likeness (QED) is 0.622. The highest BCUT2D eigenvalue weighted by molar-refractivity contribution is 6.20. The summed E-state index contributed by atoms with van der Waals surface area (Å²) in [5, 5.41) is 0.311. The maximum Gasteiger partial charge on any atom is 0.0576 e. The smallest absolute Gasteiger partial charge is 0.0576 e. The predicted octanol–water partition coefficient (Wildman–Crippen LogP) is 3.60. The summed E-state index contributed by atoms with van der Waals surface area (Å²) in [6, 6.07) is 0. The van der Waals surface area contributed by atoms with Crippen LogP contribution in [0, 0.1) is 5.92 Å². The van der Waals surface area contributed by atoms with Crippen molar-refractivity contribution in [1.82, 2.24) is 0 Å². The molecule has 1 heterocycles. The molecule has 0 aliphatic carbocycles. The van der Waals surface area contributed by atoms with Crippen molar-refractivity contribution in [3.63, 3.8) is 0 Å². The summed E-state index contributed by atoms with van der Waals surface area (Å²) >= 11 is 6.09. The molecule has 2 heteroatoms. The zero-order chi connectivity index (χ0) is 9.68. The Labute approximate surface area is 86.8 Å². The van der Waals surface area contributed by atoms with E-state index in [-0.39, 0.29) is 0 Å². The first-order valence-electron chi connectivity index (χ1n) is 5.49. The molecular weight excluding hydrogens is 184 g/mol. The average molecular weight is 205 g/mol. The van der Waals surface area contributed by atoms with E-state index in [1.807, 2.05) is 0 Å². The lowest BCUT2D eigenvalue weighted by Gasteiger charge is -2.18. The molecule has 0 radical (unpaired) electrons. The second kappa shape index (κ2) is 5.87. The van der Waals surface area contributed by atoms with E-state index < -0.39 is 0 Å². The molecule has 3 atom stereocenters. The predicted molar refractivity (Wildman–Crippen MR) is 57.3 cm³/mol. The Morgan fingerprint density at radius 2 is 2.31 bits per heavy atom. The first kappa shape index (κ1) is 11.3. The largest absolute Gasteiger partial charge is 0.378 e. The minimum Gasteiger partial charge on any atom is -0.378 e. The van der Waals surface area contributed by atoms with Crippen molar-refractivity contribution in [3.8, 4) is 0 Å². The van der Waals surface area contributed by atoms with Gasteiger partial charge in [0.15, 0.2) is 0 Å². The van der Waals surface area contributed by atoms with Gasteiger partial charge in [0.05, 0.1) is 6.10 Å². The Bertz CT molecular complexity index is 130. The van der Waals surface area contributed by atoms with Crippen LogP contribution in [-0.2, 0) is 4.74 Å². The van der Waals surface area contributed by atoms with Crippen molar-refractivity contribution in [1.29, 1.82) is 0 Å². The van der Waals surface area contributed by atoms with E-state index in [2.05, 4.69) is 13.8 Å². The van der Waals surface area contributed by atoms with Crippen LogP contribution in [0.3, 0.4) is 0 Å². The third-order valence-electron chi connectivity index (χ3n) is 3.06. The SMILES string of the molecule is CCC(CCC1CCCO1)C(C)Cl. The monoisotopic (exact) mass is 204 g/mol. The summed E-state index contributed by atoms with van der Waals surface area (Å²) in [4.78, 5) is 0. The molecular formula is C11H21ClO. The zero-order valence-electron chi connectivity index (χ0n) is 8.76. The van der Waals surface area contributed by atoms with Crippen LogP contribution >= 0.6 is 11.6 Å². The molecule has 13 heavy (non-hydrogen) atoms. The first-order chi connectivity index (χ1) is 6.24. The van der Waals surface area contributed by atoms with Gasteiger partial charge in [-0.25, -0.2) is 0 Å². The molecule has 78 valence electrons. The fraction of sp³-hybridized carbons (Fsp3) is 1.00. The molecule has 0 N–H and O–H groups in total. The molecule has 3 unspecified atom stereocenters. The Morgan fingerprint density at radius 1 is 1.54 bits per heavy atom. The van der Waals surface area contributed by atoms with Gasteiger partial charge in [0, 0.05) is 12.0 Å². The summed E-state index contributed by atoms with van der Waals surface area (Å²) in [6.07, 6.45) is 6.66. The van der Waals surface area contributed by atoms with E-state index in [0.29, 0.717) is 17.4 Å². The van der Waals surface area contributed by atoms with Crippen molar-refractivity contribution in [2.75, 3.05) is 6.61 Å². The maximum absolute atomic E-state index is 6.09. The summed E-state index contributed by atoms with van der Waals surface area (Å²) in [5.41, 5.74) is 0. The summed E-state index contributed by atoms with van der Waals surface area (Å²) in [7, 11) is 0. The zero-order valence-corrected chi connectivity index (χ0v) is 9.52. The van der Waals surface area contributed by atoms with Gasteiger partial charge in [-0.05, 0) is 38.5 Å². The van der Waals surface area contributed by atoms with Gasteiger partial charge in [-0.3, -0.25) is 0 Å². The van der Waals surface area contributed by atoms with E-state index >= 15 is 0 Å². The Morgan fingerprint density at radius 3 is 2.77 bits per heavy atom. The summed E-state index contributed by atoms with van der Waals surface area (Å²) in [6.45, 7) is 5.29. The Kier molecular flexibility index (Phi) is 5.12. The molecule has 0 aromatic carbocycles. The van der Waals surface area contributed by atoms with Crippen molar-refractivity contribution in [2.24, 2.45) is 5.92 Å². The summed E-state index contributed by atoms with van der Waals surface area (Å²) in [5.74, 6) is 0.672. The lowest BCUT2D eigenvalue weighted by molar-refractivity contribution is 0.0978. The highest BCUT2D eigenvalue weighted by Gasteiger charge is 2.19. The number of rotatable bonds is 5. The van der Waals surface area contributed by atoms with Crippen LogP contribution in [-0.4, -0.2) is 18.1 Å². The van der Waals surface area contributed by atoms with E-state index in [0.717, 1.165) is 6.61 Å². The minimum absolute atomic E-state index is 0.311. The molecule has 0 amide bonds. The lowest BCUT2D eigenvalue weighted by Crippen LogP contribution is -2.14. The van der Waals surface area contributed by atoms with Crippen LogP contribution < -0.4 is 0 Å². The van der Waals surface area contributed by atoms with Crippen LogP contribution in [0.2, 0.25) is 0 Å². The molecule has 1 saturated heterocycles. The number of ether oxygens (including phenoxy) is 1. The highest BCUT2D eigenvalue weighted by Crippen LogP contribution is 2.24. The minimum atomic E-state index is 0.311. The van der Waals surface area contributed by atoms with Gasteiger partial charge >= 0.3 is 0 Å². The van der Waals surface area contributed by atoms with Gasteiger partial charge in [-0.1, -0.05) is 13.3 Å². The van der Waals surface area contributed by atoms with Crippen LogP contribution in [0.15, 0.2) is 0 Å². The number of hydrogen-bond acceptors (Lipinski definition) is 1. The van der Waals surface area contributed by atoms with E-state index in [1.165, 1.54) is 32.1 Å². The molecule has 0 spiro atoms. The standard InChI is InChI=1S/C11H21ClO/c1-3-10(9(2)12)6-7-11-5-4-8-13-11/h9-11H,3-8H2,1-2H3. The van der Waals surface area contributed by atoms with Crippen molar-refractivity contribution in [3.05, 3.63) is 0 Å². The van der Waals surface area contributed by atoms with Crippen LogP contribution in [0.1, 0.15) is 46.0 Å². The van der Waals surface area contributed by atoms with E-state index in [9.17, 15) is 0 Å². The number of hydrogen-bond donors (Lipinski definition) is 0. The molecule has 1 nitrogen and oxygen atoms in total. The van der Waals surface area contributed by atoms with Crippen LogP contribution in [0.4, 0.5) is 0 Å². The molecule has 0 bridgehead atoms. The molecule has 1 rings (SSSR count). The third kappa shape index (κ3) is 3.86. The van der Waals surface area contributed by atoms with Gasteiger partial charge in [-0.15, -0.1) is 11.6 Å².